The van der Waals surface area contributed by atoms with Gasteiger partial charge < -0.3 is 23.9 Å². The molecule has 0 saturated heterocycles. The van der Waals surface area contributed by atoms with Gasteiger partial charge in [-0.05, 0) is 31.2 Å². The maximum Gasteiger partial charge on any atom is 0.328 e. The van der Waals surface area contributed by atoms with Crippen molar-refractivity contribution >= 4 is 22.8 Å². The highest BCUT2D eigenvalue weighted by Crippen LogP contribution is 2.23. The first-order valence-corrected chi connectivity index (χ1v) is 8.76. The van der Waals surface area contributed by atoms with Crippen LogP contribution in [0.2, 0.25) is 0 Å². The van der Waals surface area contributed by atoms with Crippen LogP contribution < -0.4 is 20.2 Å². The van der Waals surface area contributed by atoms with Gasteiger partial charge >= 0.3 is 5.97 Å². The normalized spacial score (nSPS) is 11.5. The van der Waals surface area contributed by atoms with Gasteiger partial charge in [0.05, 0.1) is 12.5 Å². The third-order valence-corrected chi connectivity index (χ3v) is 3.99. The zero-order valence-corrected chi connectivity index (χ0v) is 15.8. The smallest absolute Gasteiger partial charge is 0.328 e. The largest absolute Gasteiger partial charge is 0.484 e. The molecule has 0 spiro atoms. The van der Waals surface area contributed by atoms with Crippen molar-refractivity contribution in [3.63, 3.8) is 0 Å². The lowest BCUT2D eigenvalue weighted by Crippen LogP contribution is -2.41. The molecule has 1 amide bonds. The number of hydrogen-bond acceptors (Lipinski definition) is 7. The van der Waals surface area contributed by atoms with Gasteiger partial charge in [-0.1, -0.05) is 18.2 Å². The molecule has 0 fully saturated rings. The number of nitrogens with one attached hydrogen (secondary N) is 1. The summed E-state index contributed by atoms with van der Waals surface area (Å²) in [5, 5.41) is 2.76. The molecule has 0 unspecified atom stereocenters. The van der Waals surface area contributed by atoms with Crippen LogP contribution in [-0.2, 0) is 14.3 Å². The van der Waals surface area contributed by atoms with Crippen LogP contribution in [0.15, 0.2) is 64.0 Å². The highest BCUT2D eigenvalue weighted by Gasteiger charge is 2.16. The number of ether oxygens (including phenoxy) is 3. The van der Waals surface area contributed by atoms with Crippen LogP contribution >= 0.6 is 0 Å². The van der Waals surface area contributed by atoms with E-state index in [0.717, 1.165) is 0 Å². The number of esters is 1. The molecule has 8 heteroatoms. The molecular formula is C21H19NO7. The maximum absolute atomic E-state index is 12.6. The van der Waals surface area contributed by atoms with Gasteiger partial charge in [-0.25, -0.2) is 4.79 Å². The number of carbonyl (C=O) groups excluding carboxylic acids is 2. The Bertz CT molecular complexity index is 1080. The zero-order valence-electron chi connectivity index (χ0n) is 15.8. The summed E-state index contributed by atoms with van der Waals surface area (Å²) in [4.78, 5) is 35.8. The van der Waals surface area contributed by atoms with Gasteiger partial charge in [0, 0.05) is 6.07 Å². The molecule has 1 N–H and O–H groups in total. The van der Waals surface area contributed by atoms with E-state index in [1.54, 1.807) is 30.3 Å². The van der Waals surface area contributed by atoms with E-state index in [-0.39, 0.29) is 23.4 Å². The number of benzene rings is 2. The van der Waals surface area contributed by atoms with Crippen LogP contribution in [0.4, 0.5) is 0 Å². The number of carbonyl (C=O) groups is 2. The van der Waals surface area contributed by atoms with Gasteiger partial charge in [0.2, 0.25) is 11.2 Å². The molecule has 0 aliphatic carbocycles. The summed E-state index contributed by atoms with van der Waals surface area (Å²) >= 11 is 0. The molecule has 1 heterocycles. The first-order valence-electron chi connectivity index (χ1n) is 8.76. The average Bonchev–Trinajstić information content (AvgIpc) is 2.74. The lowest BCUT2D eigenvalue weighted by atomic mass is 10.2. The van der Waals surface area contributed by atoms with Gasteiger partial charge in [0.15, 0.2) is 6.61 Å². The number of rotatable bonds is 7. The lowest BCUT2D eigenvalue weighted by molar-refractivity contribution is -0.144. The first-order chi connectivity index (χ1) is 14.0. The number of fused-ring (bicyclic) bond motifs is 1. The van der Waals surface area contributed by atoms with Crippen molar-refractivity contribution in [2.75, 3.05) is 13.7 Å². The monoisotopic (exact) mass is 397 g/mol. The Hall–Kier alpha value is -3.81. The Kier molecular flexibility index (Phi) is 6.13. The second kappa shape index (κ2) is 8.92. The Morgan fingerprint density at radius 2 is 1.86 bits per heavy atom. The van der Waals surface area contributed by atoms with Gasteiger partial charge in [-0.3, -0.25) is 9.59 Å². The minimum atomic E-state index is -0.784. The number of methoxy groups -OCH3 is 1. The topological polar surface area (TPSA) is 104 Å². The number of hydrogen-bond donors (Lipinski definition) is 1. The molecule has 1 aromatic heterocycles. The highest BCUT2D eigenvalue weighted by molar-refractivity contribution is 5.85. The SMILES string of the molecule is COC(=O)[C@@H](C)NC(=O)COc1ccc2c(=O)c(Oc3ccccc3)coc2c1. The van der Waals surface area contributed by atoms with E-state index in [1.807, 2.05) is 6.07 Å². The van der Waals surface area contributed by atoms with Crippen LogP contribution in [0.3, 0.4) is 0 Å². The van der Waals surface area contributed by atoms with Crippen molar-refractivity contribution in [1.82, 2.24) is 5.32 Å². The molecular weight excluding hydrogens is 378 g/mol. The van der Waals surface area contributed by atoms with E-state index in [2.05, 4.69) is 10.1 Å². The Morgan fingerprint density at radius 3 is 2.59 bits per heavy atom. The van der Waals surface area contributed by atoms with Crippen LogP contribution in [-0.4, -0.2) is 31.6 Å². The van der Waals surface area contributed by atoms with E-state index in [9.17, 15) is 14.4 Å². The first kappa shape index (κ1) is 19.9. The van der Waals surface area contributed by atoms with Crippen molar-refractivity contribution in [2.24, 2.45) is 0 Å². The van der Waals surface area contributed by atoms with E-state index in [0.29, 0.717) is 16.9 Å². The van der Waals surface area contributed by atoms with Crippen molar-refractivity contribution in [3.05, 3.63) is 65.0 Å². The third kappa shape index (κ3) is 4.92. The molecule has 0 aliphatic rings. The van der Waals surface area contributed by atoms with Gasteiger partial charge in [0.25, 0.3) is 5.91 Å². The third-order valence-electron chi connectivity index (χ3n) is 3.99. The highest BCUT2D eigenvalue weighted by atomic mass is 16.5. The van der Waals surface area contributed by atoms with Crippen LogP contribution in [0.1, 0.15) is 6.92 Å². The molecule has 3 rings (SSSR count). The molecule has 150 valence electrons. The van der Waals surface area contributed by atoms with E-state index in [1.165, 1.54) is 32.4 Å². The molecule has 0 radical (unpaired) electrons. The van der Waals surface area contributed by atoms with Crippen molar-refractivity contribution < 1.29 is 28.2 Å². The van der Waals surface area contributed by atoms with Gasteiger partial charge in [-0.15, -0.1) is 0 Å². The van der Waals surface area contributed by atoms with Gasteiger partial charge in [-0.2, -0.15) is 0 Å². The fourth-order valence-corrected chi connectivity index (χ4v) is 2.53. The van der Waals surface area contributed by atoms with E-state index < -0.39 is 17.9 Å². The average molecular weight is 397 g/mol. The van der Waals surface area contributed by atoms with E-state index >= 15 is 0 Å². The van der Waals surface area contributed by atoms with Crippen molar-refractivity contribution in [1.29, 1.82) is 0 Å². The molecule has 2 aromatic carbocycles. The second-order valence-electron chi connectivity index (χ2n) is 6.10. The summed E-state index contributed by atoms with van der Waals surface area (Å²) in [6.07, 6.45) is 1.23. The number of para-hydroxylation sites is 1. The molecule has 3 aromatic rings. The summed E-state index contributed by atoms with van der Waals surface area (Å²) in [6, 6.07) is 12.7. The summed E-state index contributed by atoms with van der Waals surface area (Å²) < 4.78 is 21.0. The summed E-state index contributed by atoms with van der Waals surface area (Å²) in [5.74, 6) is -0.131. The second-order valence-corrected chi connectivity index (χ2v) is 6.10. The Morgan fingerprint density at radius 1 is 1.10 bits per heavy atom. The van der Waals surface area contributed by atoms with Crippen LogP contribution in [0, 0.1) is 0 Å². The zero-order chi connectivity index (χ0) is 20.8. The van der Waals surface area contributed by atoms with Crippen LogP contribution in [0.5, 0.6) is 17.2 Å². The Balaban J connectivity index is 1.69. The van der Waals surface area contributed by atoms with Crippen LogP contribution in [0.25, 0.3) is 11.0 Å². The van der Waals surface area contributed by atoms with Gasteiger partial charge in [0.1, 0.15) is 29.4 Å². The fourth-order valence-electron chi connectivity index (χ4n) is 2.53. The molecule has 0 aliphatic heterocycles. The standard InChI is InChI=1S/C21H19NO7/c1-13(21(25)26-2)22-19(23)12-27-15-8-9-16-17(10-15)28-11-18(20(16)24)29-14-6-4-3-5-7-14/h3-11,13H,12H2,1-2H3,(H,22,23)/t13-/m1/s1. The molecule has 8 nitrogen and oxygen atoms in total. The van der Waals surface area contributed by atoms with Crippen molar-refractivity contribution in [3.8, 4) is 17.2 Å². The minimum absolute atomic E-state index is 0.0635. The maximum atomic E-state index is 12.6. The summed E-state index contributed by atoms with van der Waals surface area (Å²) in [6.45, 7) is 1.19. The molecule has 0 saturated carbocycles. The molecule has 1 atom stereocenters. The fraction of sp³-hybridized carbons (Fsp3) is 0.190. The summed E-state index contributed by atoms with van der Waals surface area (Å²) in [5.41, 5.74) is -0.0393. The Labute approximate surface area is 166 Å². The lowest BCUT2D eigenvalue weighted by Gasteiger charge is -2.12. The molecule has 0 bridgehead atoms. The predicted molar refractivity (Wildman–Crippen MR) is 104 cm³/mol. The predicted octanol–water partition coefficient (Wildman–Crippen LogP) is 2.64. The summed E-state index contributed by atoms with van der Waals surface area (Å²) in [7, 11) is 1.24. The van der Waals surface area contributed by atoms with Crippen molar-refractivity contribution in [2.45, 2.75) is 13.0 Å². The molecule has 29 heavy (non-hydrogen) atoms. The number of amides is 1. The van der Waals surface area contributed by atoms with E-state index in [4.69, 9.17) is 13.9 Å². The minimum Gasteiger partial charge on any atom is -0.484 e. The quantitative estimate of drug-likeness (QED) is 0.611.